The van der Waals surface area contributed by atoms with Gasteiger partial charge >= 0.3 is 5.97 Å². The molecule has 4 N–H and O–H groups in total. The van der Waals surface area contributed by atoms with Crippen LogP contribution in [-0.2, 0) is 33.0 Å². The predicted molar refractivity (Wildman–Crippen MR) is 216 cm³/mol. The number of aliphatic hydroxyl groups excluding tert-OH is 1. The normalized spacial score (nSPS) is 15.4. The van der Waals surface area contributed by atoms with Gasteiger partial charge in [0, 0.05) is 56.5 Å². The topological polar surface area (TPSA) is 147 Å². The molecule has 12 nitrogen and oxygen atoms in total. The number of carboxylic acid groups (broad SMARTS) is 1. The smallest absolute Gasteiger partial charge is 0.335 e. The first kappa shape index (κ1) is 39.9. The van der Waals surface area contributed by atoms with Crippen LogP contribution in [0, 0.1) is 5.82 Å². The molecule has 298 valence electrons. The van der Waals surface area contributed by atoms with Crippen molar-refractivity contribution in [1.29, 1.82) is 0 Å². The second kappa shape index (κ2) is 16.6. The number of carboxylic acids is 1. The van der Waals surface area contributed by atoms with Gasteiger partial charge < -0.3 is 39.6 Å². The van der Waals surface area contributed by atoms with Crippen molar-refractivity contribution in [3.05, 3.63) is 116 Å². The molecule has 0 bridgehead atoms. The number of amides is 1. The number of nitrogens with one attached hydrogen (secondary N) is 2. The molecule has 0 saturated carbocycles. The predicted octanol–water partition coefficient (Wildman–Crippen LogP) is 7.92. The molecule has 1 aliphatic heterocycles. The fourth-order valence-corrected chi connectivity index (χ4v) is 8.10. The van der Waals surface area contributed by atoms with E-state index in [0.29, 0.717) is 35.8 Å². The van der Waals surface area contributed by atoms with Gasteiger partial charge in [-0.05, 0) is 60.7 Å². The number of ether oxygens (including phenoxy) is 3. The summed E-state index contributed by atoms with van der Waals surface area (Å²) in [6, 6.07) is 17.2. The summed E-state index contributed by atoms with van der Waals surface area (Å²) in [6.07, 6.45) is 1.51. The average Bonchev–Trinajstić information content (AvgIpc) is 3.79. The lowest BCUT2D eigenvalue weighted by Crippen LogP contribution is -2.39. The van der Waals surface area contributed by atoms with E-state index in [0.717, 1.165) is 46.6 Å². The Kier molecular flexibility index (Phi) is 11.6. The molecule has 5 aromatic rings. The lowest BCUT2D eigenvalue weighted by molar-refractivity contribution is 0.0696. The molecule has 0 saturated heterocycles. The molecular weight excluding hydrogens is 776 g/mol. The summed E-state index contributed by atoms with van der Waals surface area (Å²) >= 11 is 13.6. The molecule has 1 aliphatic carbocycles. The number of aromatic carboxylic acids is 1. The van der Waals surface area contributed by atoms with Crippen molar-refractivity contribution in [3.63, 3.8) is 0 Å². The molecule has 0 fully saturated rings. The number of hydrogen-bond donors (Lipinski definition) is 4. The van der Waals surface area contributed by atoms with Gasteiger partial charge in [-0.25, -0.2) is 14.2 Å². The van der Waals surface area contributed by atoms with Crippen molar-refractivity contribution in [1.82, 2.24) is 14.5 Å². The van der Waals surface area contributed by atoms with Crippen molar-refractivity contribution in [2.75, 3.05) is 38.0 Å². The summed E-state index contributed by atoms with van der Waals surface area (Å²) in [4.78, 5) is 31.8. The Morgan fingerprint density at radius 1 is 0.982 bits per heavy atom. The highest BCUT2D eigenvalue weighted by atomic mass is 35.5. The maximum absolute atomic E-state index is 15.9. The summed E-state index contributed by atoms with van der Waals surface area (Å²) in [7, 11) is 4.67. The molecule has 1 amide bonds. The molecule has 0 radical (unpaired) electrons. The number of benzene rings is 4. The van der Waals surface area contributed by atoms with Crippen LogP contribution in [0.3, 0.4) is 0 Å². The Balaban J connectivity index is 1.09. The zero-order chi connectivity index (χ0) is 40.5. The maximum atomic E-state index is 15.9. The summed E-state index contributed by atoms with van der Waals surface area (Å²) in [5.41, 5.74) is 6.45. The van der Waals surface area contributed by atoms with Crippen LogP contribution in [0.25, 0.3) is 11.1 Å². The van der Waals surface area contributed by atoms with Crippen molar-refractivity contribution >= 4 is 46.5 Å². The number of halogens is 3. The van der Waals surface area contributed by atoms with Crippen molar-refractivity contribution < 1.29 is 38.4 Å². The second-order valence-electron chi connectivity index (χ2n) is 14.0. The van der Waals surface area contributed by atoms with E-state index in [9.17, 15) is 19.8 Å². The van der Waals surface area contributed by atoms with Gasteiger partial charge in [0.25, 0.3) is 5.91 Å². The molecule has 15 heteroatoms. The van der Waals surface area contributed by atoms with E-state index >= 15 is 4.39 Å². The molecule has 1 aromatic heterocycles. The van der Waals surface area contributed by atoms with Crippen LogP contribution in [0.1, 0.15) is 68.5 Å². The monoisotopic (exact) mass is 817 g/mol. The number of aromatic nitrogens is 2. The van der Waals surface area contributed by atoms with E-state index in [4.69, 9.17) is 37.4 Å². The first-order valence-electron chi connectivity index (χ1n) is 18.4. The molecule has 2 unspecified atom stereocenters. The summed E-state index contributed by atoms with van der Waals surface area (Å²) in [5.74, 6) is -1.31. The summed E-state index contributed by atoms with van der Waals surface area (Å²) in [5, 5.41) is 25.2. The number of carbonyl (C=O) groups is 2. The van der Waals surface area contributed by atoms with Crippen LogP contribution in [0.15, 0.2) is 60.7 Å². The number of imidazole rings is 1. The molecule has 57 heavy (non-hydrogen) atoms. The number of fused-ring (bicyclic) bond motifs is 2. The summed E-state index contributed by atoms with van der Waals surface area (Å²) in [6.45, 7) is 3.30. The van der Waals surface area contributed by atoms with Crippen molar-refractivity contribution in [2.24, 2.45) is 7.05 Å². The van der Waals surface area contributed by atoms with Gasteiger partial charge in [-0.15, -0.1) is 0 Å². The first-order chi connectivity index (χ1) is 27.4. The minimum atomic E-state index is -1.10. The Hall–Kier alpha value is -5.34. The lowest BCUT2D eigenvalue weighted by Gasteiger charge is -2.30. The van der Waals surface area contributed by atoms with Crippen LogP contribution in [-0.4, -0.2) is 70.0 Å². The van der Waals surface area contributed by atoms with Crippen LogP contribution in [0.2, 0.25) is 10.0 Å². The standard InChI is InChI=1S/C42H42Cl2FN5O7/c1-22(21-51)50-16-15-32-31(20-50)47-40(49(32)2)41(52)48-30-10-6-9-27(37(30)43)24-7-5-8-26-25(24)12-14-33(26)57-36-18-34(55-3)28(39(45)38(36)44)19-46-29-13-11-23(42(53)54)17-35(29)56-4/h5-11,13,17-18,22,33,46,51H,12,14-16,19-21H2,1-4H3,(H,48,52)(H,53,54). The number of aliphatic hydroxyl groups is 1. The summed E-state index contributed by atoms with van der Waals surface area (Å²) < 4.78 is 35.1. The number of rotatable bonds is 13. The number of carbonyl (C=O) groups excluding carboxylic acids is 1. The third kappa shape index (κ3) is 7.72. The number of methoxy groups -OCH3 is 2. The Morgan fingerprint density at radius 2 is 1.74 bits per heavy atom. The first-order valence-corrected chi connectivity index (χ1v) is 19.2. The van der Waals surface area contributed by atoms with Gasteiger partial charge in [0.1, 0.15) is 28.4 Å². The minimum absolute atomic E-state index is 0.00383. The maximum Gasteiger partial charge on any atom is 0.335 e. The fraction of sp³-hybridized carbons (Fsp3) is 0.310. The van der Waals surface area contributed by atoms with Gasteiger partial charge in [-0.2, -0.15) is 0 Å². The zero-order valence-electron chi connectivity index (χ0n) is 31.8. The third-order valence-electron chi connectivity index (χ3n) is 10.8. The fourth-order valence-electron chi connectivity index (χ4n) is 7.61. The Bertz CT molecular complexity index is 2370. The SMILES string of the molecule is COc1cc(C(=O)O)ccc1NCc1c(OC)cc(OC2CCc3c(-c4cccc(NC(=O)c5nc6c(n5C)CCN(C(C)CO)C6)c4Cl)cccc32)c(Cl)c1F. The van der Waals surface area contributed by atoms with E-state index < -0.39 is 17.9 Å². The number of nitrogens with zero attached hydrogens (tertiary/aromatic N) is 3. The highest BCUT2D eigenvalue weighted by Gasteiger charge is 2.31. The average molecular weight is 819 g/mol. The molecule has 7 rings (SSSR count). The quantitative estimate of drug-likeness (QED) is 0.0924. The van der Waals surface area contributed by atoms with Crippen LogP contribution >= 0.6 is 23.2 Å². The van der Waals surface area contributed by atoms with E-state index in [1.807, 2.05) is 48.9 Å². The van der Waals surface area contributed by atoms with E-state index in [-0.39, 0.29) is 64.3 Å². The van der Waals surface area contributed by atoms with Crippen LogP contribution in [0.5, 0.6) is 17.2 Å². The number of hydrogen-bond acceptors (Lipinski definition) is 9. The van der Waals surface area contributed by atoms with Crippen molar-refractivity contribution in [3.8, 4) is 28.4 Å². The van der Waals surface area contributed by atoms with E-state index in [1.165, 1.54) is 26.4 Å². The zero-order valence-corrected chi connectivity index (χ0v) is 33.3. The van der Waals surface area contributed by atoms with E-state index in [1.54, 1.807) is 18.2 Å². The largest absolute Gasteiger partial charge is 0.496 e. The van der Waals surface area contributed by atoms with Crippen LogP contribution in [0.4, 0.5) is 15.8 Å². The highest BCUT2D eigenvalue weighted by Crippen LogP contribution is 2.46. The van der Waals surface area contributed by atoms with Gasteiger partial charge in [0.15, 0.2) is 11.6 Å². The van der Waals surface area contributed by atoms with Gasteiger partial charge in [0.2, 0.25) is 0 Å². The third-order valence-corrected chi connectivity index (χ3v) is 11.5. The van der Waals surface area contributed by atoms with Gasteiger partial charge in [0.05, 0.1) is 54.0 Å². The molecule has 0 spiro atoms. The van der Waals surface area contributed by atoms with Gasteiger partial charge in [-0.1, -0.05) is 53.5 Å². The molecule has 2 atom stereocenters. The Labute approximate surface area is 339 Å². The van der Waals surface area contributed by atoms with Gasteiger partial charge in [-0.3, -0.25) is 9.69 Å². The Morgan fingerprint density at radius 3 is 2.47 bits per heavy atom. The molecule has 2 heterocycles. The number of anilines is 2. The van der Waals surface area contributed by atoms with Crippen LogP contribution < -0.4 is 24.8 Å². The van der Waals surface area contributed by atoms with E-state index in [2.05, 4.69) is 20.5 Å². The molecule has 4 aromatic carbocycles. The highest BCUT2D eigenvalue weighted by molar-refractivity contribution is 6.36. The molecular formula is C42H42Cl2FN5O7. The lowest BCUT2D eigenvalue weighted by atomic mass is 9.96. The van der Waals surface area contributed by atoms with Crippen molar-refractivity contribution in [2.45, 2.75) is 51.4 Å². The minimum Gasteiger partial charge on any atom is -0.496 e. The second-order valence-corrected chi connectivity index (χ2v) is 14.8. The molecule has 2 aliphatic rings.